The standard InChI is InChI=1S/C26H28O2Si/c1-25(2,3)29(5,6)24-18-12-9-13-26(4)20-15-17-11-8-7-10-16(17)14-19(20)22(27)23(28-24)21(18)26/h7-12,14-15H,13H2,1-6H3. The molecule has 0 spiro atoms. The van der Waals surface area contributed by atoms with Crippen molar-refractivity contribution in [3.8, 4) is 0 Å². The lowest BCUT2D eigenvalue weighted by Crippen LogP contribution is -2.50. The number of allylic oxidation sites excluding steroid dienone is 1. The second kappa shape index (κ2) is 5.60. The Bertz CT molecular complexity index is 1220. The highest BCUT2D eigenvalue weighted by Crippen LogP contribution is 2.50. The Kier molecular flexibility index (Phi) is 3.60. The van der Waals surface area contributed by atoms with Crippen molar-refractivity contribution in [2.45, 2.75) is 57.7 Å². The zero-order valence-electron chi connectivity index (χ0n) is 18.1. The second-order valence-corrected chi connectivity index (χ2v) is 15.6. The van der Waals surface area contributed by atoms with Gasteiger partial charge in [0.15, 0.2) is 5.76 Å². The quantitative estimate of drug-likeness (QED) is 0.441. The molecule has 2 aliphatic rings. The fraction of sp³-hybridized carbons (Fsp3) is 0.346. The molecule has 0 saturated carbocycles. The van der Waals surface area contributed by atoms with Crippen LogP contribution in [-0.4, -0.2) is 13.9 Å². The van der Waals surface area contributed by atoms with Gasteiger partial charge in [0.25, 0.3) is 0 Å². The van der Waals surface area contributed by atoms with E-state index in [1.165, 1.54) is 10.9 Å². The van der Waals surface area contributed by atoms with Crippen LogP contribution in [0.25, 0.3) is 16.8 Å². The first-order valence-corrected chi connectivity index (χ1v) is 13.5. The average Bonchev–Trinajstić information content (AvgIpc) is 3.07. The number of rotatable bonds is 1. The molecule has 0 amide bonds. The third-order valence-electron chi connectivity index (χ3n) is 7.68. The van der Waals surface area contributed by atoms with Crippen LogP contribution in [0.5, 0.6) is 0 Å². The summed E-state index contributed by atoms with van der Waals surface area (Å²) in [5, 5.41) is 3.50. The van der Waals surface area contributed by atoms with Gasteiger partial charge in [-0.3, -0.25) is 4.79 Å². The predicted molar refractivity (Wildman–Crippen MR) is 123 cm³/mol. The van der Waals surface area contributed by atoms with Gasteiger partial charge in [-0.1, -0.05) is 77.2 Å². The van der Waals surface area contributed by atoms with E-state index in [9.17, 15) is 4.79 Å². The lowest BCUT2D eigenvalue weighted by molar-refractivity contribution is 0.100. The van der Waals surface area contributed by atoms with E-state index >= 15 is 0 Å². The average molecular weight is 401 g/mol. The van der Waals surface area contributed by atoms with Gasteiger partial charge in [-0.05, 0) is 39.9 Å². The lowest BCUT2D eigenvalue weighted by atomic mass is 9.64. The summed E-state index contributed by atoms with van der Waals surface area (Å²) < 4.78 is 6.54. The summed E-state index contributed by atoms with van der Waals surface area (Å²) in [5.41, 5.74) is 4.01. The van der Waals surface area contributed by atoms with Crippen molar-refractivity contribution in [3.63, 3.8) is 0 Å². The van der Waals surface area contributed by atoms with Gasteiger partial charge < -0.3 is 4.42 Å². The van der Waals surface area contributed by atoms with Crippen LogP contribution in [0.2, 0.25) is 18.1 Å². The van der Waals surface area contributed by atoms with Gasteiger partial charge in [-0.25, -0.2) is 0 Å². The molecule has 5 rings (SSSR count). The highest BCUT2D eigenvalue weighted by Gasteiger charge is 2.50. The Hall–Kier alpha value is -2.39. The van der Waals surface area contributed by atoms with E-state index in [1.807, 2.05) is 6.07 Å². The zero-order chi connectivity index (χ0) is 20.8. The first-order valence-electron chi connectivity index (χ1n) is 10.5. The van der Waals surface area contributed by atoms with E-state index < -0.39 is 8.07 Å². The SMILES string of the molecule is CC12CC=Cc3c([Si](C)(C)C(C)(C)C)oc(c31)C(=O)c1cc3ccccc3cc12. The molecule has 0 aliphatic heterocycles. The fourth-order valence-corrected chi connectivity index (χ4v) is 6.80. The molecule has 0 bridgehead atoms. The number of benzene rings is 2. The molecule has 1 heterocycles. The smallest absolute Gasteiger partial charge is 0.228 e. The Morgan fingerprint density at radius 3 is 2.38 bits per heavy atom. The fourth-order valence-electron chi connectivity index (χ4n) is 4.88. The number of carbonyl (C=O) groups is 1. The zero-order valence-corrected chi connectivity index (χ0v) is 19.1. The van der Waals surface area contributed by atoms with E-state index in [4.69, 9.17) is 4.42 Å². The molecule has 148 valence electrons. The summed E-state index contributed by atoms with van der Waals surface area (Å²) in [6.07, 6.45) is 5.37. The summed E-state index contributed by atoms with van der Waals surface area (Å²) in [6, 6.07) is 12.6. The van der Waals surface area contributed by atoms with Crippen molar-refractivity contribution >= 4 is 36.1 Å². The van der Waals surface area contributed by atoms with Gasteiger partial charge >= 0.3 is 0 Å². The monoisotopic (exact) mass is 400 g/mol. The van der Waals surface area contributed by atoms with Crippen molar-refractivity contribution in [1.82, 2.24) is 0 Å². The minimum Gasteiger partial charge on any atom is -0.462 e. The minimum atomic E-state index is -1.94. The van der Waals surface area contributed by atoms with Gasteiger partial charge in [-0.15, -0.1) is 0 Å². The maximum absolute atomic E-state index is 13.6. The molecule has 2 aliphatic carbocycles. The Morgan fingerprint density at radius 2 is 1.72 bits per heavy atom. The third kappa shape index (κ3) is 2.31. The number of fused-ring (bicyclic) bond motifs is 3. The van der Waals surface area contributed by atoms with E-state index in [1.54, 1.807) is 0 Å². The molecule has 0 N–H and O–H groups in total. The van der Waals surface area contributed by atoms with E-state index in [2.05, 4.69) is 83.3 Å². The number of hydrogen-bond acceptors (Lipinski definition) is 2. The summed E-state index contributed by atoms with van der Waals surface area (Å²) >= 11 is 0. The molecular weight excluding hydrogens is 372 g/mol. The van der Waals surface area contributed by atoms with Gasteiger partial charge in [0.1, 0.15) is 8.07 Å². The number of carbonyl (C=O) groups excluding carboxylic acids is 1. The topological polar surface area (TPSA) is 30.2 Å². The number of furan rings is 1. The van der Waals surface area contributed by atoms with Crippen molar-refractivity contribution in [1.29, 1.82) is 0 Å². The maximum atomic E-state index is 13.6. The van der Waals surface area contributed by atoms with Crippen LogP contribution in [0.3, 0.4) is 0 Å². The Morgan fingerprint density at radius 1 is 1.07 bits per heavy atom. The molecule has 0 radical (unpaired) electrons. The molecule has 0 saturated heterocycles. The van der Waals surface area contributed by atoms with Crippen LogP contribution >= 0.6 is 0 Å². The largest absolute Gasteiger partial charge is 0.462 e. The van der Waals surface area contributed by atoms with E-state index in [0.717, 1.165) is 33.9 Å². The molecule has 0 fully saturated rings. The summed E-state index contributed by atoms with van der Waals surface area (Å²) in [4.78, 5) is 13.6. The summed E-state index contributed by atoms with van der Waals surface area (Å²) in [7, 11) is -1.94. The molecular formula is C26H28O2Si. The molecule has 3 heteroatoms. The van der Waals surface area contributed by atoms with Crippen LogP contribution in [0.15, 0.2) is 46.9 Å². The van der Waals surface area contributed by atoms with Crippen LogP contribution in [-0.2, 0) is 5.41 Å². The normalized spacial score (nSPS) is 20.7. The van der Waals surface area contributed by atoms with Crippen LogP contribution < -0.4 is 5.38 Å². The highest BCUT2D eigenvalue weighted by molar-refractivity contribution is 6.91. The third-order valence-corrected chi connectivity index (χ3v) is 12.9. The molecule has 1 unspecified atom stereocenters. The van der Waals surface area contributed by atoms with Gasteiger partial charge in [0, 0.05) is 22.1 Å². The van der Waals surface area contributed by atoms with Crippen LogP contribution in [0.4, 0.5) is 0 Å². The van der Waals surface area contributed by atoms with Crippen LogP contribution in [0.1, 0.15) is 66.9 Å². The van der Waals surface area contributed by atoms with Gasteiger partial charge in [0.05, 0.1) is 5.38 Å². The first-order chi connectivity index (χ1) is 13.6. The Labute approximate surface area is 173 Å². The van der Waals surface area contributed by atoms with Crippen molar-refractivity contribution in [3.05, 3.63) is 70.5 Å². The van der Waals surface area contributed by atoms with E-state index in [-0.39, 0.29) is 16.2 Å². The van der Waals surface area contributed by atoms with Gasteiger partial charge in [-0.2, -0.15) is 0 Å². The number of ketones is 1. The molecule has 3 aromatic rings. The number of hydrogen-bond donors (Lipinski definition) is 0. The summed E-state index contributed by atoms with van der Waals surface area (Å²) in [6.45, 7) is 13.9. The predicted octanol–water partition coefficient (Wildman–Crippen LogP) is 6.42. The van der Waals surface area contributed by atoms with Crippen molar-refractivity contribution in [2.24, 2.45) is 0 Å². The van der Waals surface area contributed by atoms with Crippen molar-refractivity contribution in [2.75, 3.05) is 0 Å². The second-order valence-electron chi connectivity index (χ2n) is 10.4. The highest BCUT2D eigenvalue weighted by atomic mass is 28.3. The van der Waals surface area contributed by atoms with E-state index in [0.29, 0.717) is 5.76 Å². The molecule has 1 atom stereocenters. The molecule has 29 heavy (non-hydrogen) atoms. The maximum Gasteiger partial charge on any atom is 0.228 e. The lowest BCUT2D eigenvalue weighted by Gasteiger charge is -2.38. The minimum absolute atomic E-state index is 0.0414. The molecule has 2 nitrogen and oxygen atoms in total. The molecule has 1 aromatic heterocycles. The Balaban J connectivity index is 1.84. The molecule has 2 aromatic carbocycles. The van der Waals surface area contributed by atoms with Crippen LogP contribution in [0, 0.1) is 0 Å². The van der Waals surface area contributed by atoms with Crippen molar-refractivity contribution < 1.29 is 9.21 Å². The van der Waals surface area contributed by atoms with Gasteiger partial charge in [0.2, 0.25) is 5.78 Å². The summed E-state index contributed by atoms with van der Waals surface area (Å²) in [5.74, 6) is 0.620. The first kappa shape index (κ1) is 18.6.